The minimum absolute atomic E-state index is 0.00959. The summed E-state index contributed by atoms with van der Waals surface area (Å²) < 4.78 is 2.54. The number of hydrogen-bond acceptors (Lipinski definition) is 2. The largest absolute Gasteiger partial charge is 0.481 e. The quantitative estimate of drug-likeness (QED) is 0.891. The second-order valence-corrected chi connectivity index (χ2v) is 5.73. The lowest BCUT2D eigenvalue weighted by atomic mass is 9.74. The third kappa shape index (κ3) is 2.58. The first-order valence-electron chi connectivity index (χ1n) is 5.78. The Balaban J connectivity index is 2.11. The summed E-state index contributed by atoms with van der Waals surface area (Å²) in [5.74, 6) is -1.09. The Hall–Kier alpha value is -1.30. The third-order valence-electron chi connectivity index (χ3n) is 3.38. The van der Waals surface area contributed by atoms with Crippen molar-refractivity contribution in [1.82, 2.24) is 9.88 Å². The number of halogens is 1. The molecule has 1 amide bonds. The van der Waals surface area contributed by atoms with Crippen molar-refractivity contribution >= 4 is 27.8 Å². The molecule has 1 aromatic rings. The molecule has 18 heavy (non-hydrogen) atoms. The molecule has 1 aliphatic carbocycles. The lowest BCUT2D eigenvalue weighted by molar-refractivity contribution is -0.139. The third-order valence-corrected chi connectivity index (χ3v) is 3.82. The standard InChI is InChI=1S/C12H15BrN2O3/c1-15-7-8(13)5-9(15)11(18)14-12(3-2-4-12)6-10(16)17/h5,7H,2-4,6H2,1H3,(H,14,18)(H,16,17). The summed E-state index contributed by atoms with van der Waals surface area (Å²) in [5.41, 5.74) is -0.0295. The highest BCUT2D eigenvalue weighted by atomic mass is 79.9. The number of amides is 1. The van der Waals surface area contributed by atoms with Gasteiger partial charge in [-0.2, -0.15) is 0 Å². The predicted octanol–water partition coefficient (Wildman–Crippen LogP) is 1.91. The van der Waals surface area contributed by atoms with Gasteiger partial charge < -0.3 is 15.0 Å². The Bertz CT molecular complexity index is 492. The number of aliphatic carboxylic acids is 1. The molecule has 2 rings (SSSR count). The topological polar surface area (TPSA) is 71.3 Å². The number of aromatic nitrogens is 1. The van der Waals surface area contributed by atoms with E-state index in [0.717, 1.165) is 23.7 Å². The van der Waals surface area contributed by atoms with Crippen molar-refractivity contribution in [3.05, 3.63) is 22.4 Å². The lowest BCUT2D eigenvalue weighted by Crippen LogP contribution is -2.54. The summed E-state index contributed by atoms with van der Waals surface area (Å²) in [4.78, 5) is 23.0. The second-order valence-electron chi connectivity index (χ2n) is 4.81. The molecular weight excluding hydrogens is 300 g/mol. The number of carboxylic acids is 1. The van der Waals surface area contributed by atoms with Crippen molar-refractivity contribution in [2.75, 3.05) is 0 Å². The van der Waals surface area contributed by atoms with E-state index < -0.39 is 11.5 Å². The van der Waals surface area contributed by atoms with E-state index in [0.29, 0.717) is 5.69 Å². The maximum absolute atomic E-state index is 12.1. The Morgan fingerprint density at radius 3 is 2.61 bits per heavy atom. The number of nitrogens with zero attached hydrogens (tertiary/aromatic N) is 1. The number of hydrogen-bond donors (Lipinski definition) is 2. The summed E-state index contributed by atoms with van der Waals surface area (Å²) in [7, 11) is 1.78. The Morgan fingerprint density at radius 1 is 1.56 bits per heavy atom. The highest BCUT2D eigenvalue weighted by molar-refractivity contribution is 9.10. The SMILES string of the molecule is Cn1cc(Br)cc1C(=O)NC1(CC(=O)O)CCC1. The average molecular weight is 315 g/mol. The summed E-state index contributed by atoms with van der Waals surface area (Å²) in [6.45, 7) is 0. The van der Waals surface area contributed by atoms with Gasteiger partial charge in [0.1, 0.15) is 5.69 Å². The van der Waals surface area contributed by atoms with E-state index in [4.69, 9.17) is 5.11 Å². The molecular formula is C12H15BrN2O3. The van der Waals surface area contributed by atoms with Gasteiger partial charge in [-0.3, -0.25) is 9.59 Å². The van der Waals surface area contributed by atoms with Crippen molar-refractivity contribution in [2.45, 2.75) is 31.2 Å². The smallest absolute Gasteiger partial charge is 0.305 e. The van der Waals surface area contributed by atoms with Crippen LogP contribution in [-0.4, -0.2) is 27.1 Å². The maximum Gasteiger partial charge on any atom is 0.305 e. The molecule has 1 fully saturated rings. The molecule has 98 valence electrons. The first-order chi connectivity index (χ1) is 8.42. The van der Waals surface area contributed by atoms with E-state index in [2.05, 4.69) is 21.2 Å². The second kappa shape index (κ2) is 4.76. The zero-order valence-corrected chi connectivity index (χ0v) is 11.7. The van der Waals surface area contributed by atoms with Crippen LogP contribution in [0.1, 0.15) is 36.2 Å². The molecule has 0 aliphatic heterocycles. The molecule has 0 bridgehead atoms. The van der Waals surface area contributed by atoms with Crippen LogP contribution in [0.3, 0.4) is 0 Å². The molecule has 0 spiro atoms. The number of carboxylic acid groups (broad SMARTS) is 1. The Labute approximate surface area is 113 Å². The molecule has 0 saturated heterocycles. The van der Waals surface area contributed by atoms with E-state index in [9.17, 15) is 9.59 Å². The van der Waals surface area contributed by atoms with Crippen molar-refractivity contribution in [2.24, 2.45) is 7.05 Å². The number of aryl methyl sites for hydroxylation is 1. The summed E-state index contributed by atoms with van der Waals surface area (Å²) in [6.07, 6.45) is 4.21. The van der Waals surface area contributed by atoms with E-state index in [-0.39, 0.29) is 12.3 Å². The number of carbonyl (C=O) groups is 2. The van der Waals surface area contributed by atoms with Crippen LogP contribution in [0.2, 0.25) is 0 Å². The molecule has 0 radical (unpaired) electrons. The van der Waals surface area contributed by atoms with Crippen molar-refractivity contribution in [3.63, 3.8) is 0 Å². The molecule has 1 aliphatic rings. The van der Waals surface area contributed by atoms with Gasteiger partial charge in [-0.15, -0.1) is 0 Å². The van der Waals surface area contributed by atoms with Crippen LogP contribution >= 0.6 is 15.9 Å². The predicted molar refractivity (Wildman–Crippen MR) is 69.4 cm³/mol. The number of carbonyl (C=O) groups excluding carboxylic acids is 1. The number of nitrogens with one attached hydrogen (secondary N) is 1. The van der Waals surface area contributed by atoms with E-state index in [1.807, 2.05) is 0 Å². The monoisotopic (exact) mass is 314 g/mol. The van der Waals surface area contributed by atoms with Gasteiger partial charge in [0.2, 0.25) is 0 Å². The summed E-state index contributed by atoms with van der Waals surface area (Å²) >= 11 is 3.31. The minimum atomic E-state index is -0.872. The molecule has 6 heteroatoms. The van der Waals surface area contributed by atoms with Gasteiger partial charge >= 0.3 is 5.97 Å². The maximum atomic E-state index is 12.1. The molecule has 0 unspecified atom stereocenters. The summed E-state index contributed by atoms with van der Waals surface area (Å²) in [6, 6.07) is 1.72. The van der Waals surface area contributed by atoms with E-state index in [1.54, 1.807) is 23.9 Å². The van der Waals surface area contributed by atoms with Crippen molar-refractivity contribution in [1.29, 1.82) is 0 Å². The zero-order valence-electron chi connectivity index (χ0n) is 10.1. The first kappa shape index (κ1) is 13.1. The average Bonchev–Trinajstić information content (AvgIpc) is 2.53. The fourth-order valence-electron chi connectivity index (χ4n) is 2.29. The molecule has 1 saturated carbocycles. The Kier molecular flexibility index (Phi) is 3.47. The van der Waals surface area contributed by atoms with Crippen LogP contribution in [0.25, 0.3) is 0 Å². The molecule has 5 nitrogen and oxygen atoms in total. The van der Waals surface area contributed by atoms with Crippen LogP contribution in [0.5, 0.6) is 0 Å². The van der Waals surface area contributed by atoms with Crippen LogP contribution in [0.15, 0.2) is 16.7 Å². The van der Waals surface area contributed by atoms with Crippen LogP contribution < -0.4 is 5.32 Å². The van der Waals surface area contributed by atoms with Crippen LogP contribution in [-0.2, 0) is 11.8 Å². The van der Waals surface area contributed by atoms with E-state index in [1.165, 1.54) is 0 Å². The van der Waals surface area contributed by atoms with Gasteiger partial charge in [0.05, 0.1) is 12.0 Å². The first-order valence-corrected chi connectivity index (χ1v) is 6.57. The number of rotatable bonds is 4. The summed E-state index contributed by atoms with van der Waals surface area (Å²) in [5, 5.41) is 11.8. The zero-order chi connectivity index (χ0) is 13.3. The molecule has 0 aromatic carbocycles. The fraction of sp³-hybridized carbons (Fsp3) is 0.500. The van der Waals surface area contributed by atoms with Gasteiger partial charge in [0.15, 0.2) is 0 Å². The van der Waals surface area contributed by atoms with Gasteiger partial charge in [0, 0.05) is 17.7 Å². The van der Waals surface area contributed by atoms with Gasteiger partial charge in [-0.1, -0.05) is 0 Å². The van der Waals surface area contributed by atoms with Crippen LogP contribution in [0.4, 0.5) is 0 Å². The van der Waals surface area contributed by atoms with Crippen LogP contribution in [0, 0.1) is 0 Å². The minimum Gasteiger partial charge on any atom is -0.481 e. The fourth-order valence-corrected chi connectivity index (χ4v) is 2.82. The molecule has 1 aromatic heterocycles. The normalized spacial score (nSPS) is 17.0. The van der Waals surface area contributed by atoms with Gasteiger partial charge in [-0.05, 0) is 41.3 Å². The van der Waals surface area contributed by atoms with Crippen molar-refractivity contribution in [3.8, 4) is 0 Å². The highest BCUT2D eigenvalue weighted by Gasteiger charge is 2.40. The van der Waals surface area contributed by atoms with Gasteiger partial charge in [0.25, 0.3) is 5.91 Å². The van der Waals surface area contributed by atoms with Gasteiger partial charge in [-0.25, -0.2) is 0 Å². The van der Waals surface area contributed by atoms with Crippen molar-refractivity contribution < 1.29 is 14.7 Å². The molecule has 1 heterocycles. The molecule has 2 N–H and O–H groups in total. The molecule has 0 atom stereocenters. The van der Waals surface area contributed by atoms with E-state index >= 15 is 0 Å². The highest BCUT2D eigenvalue weighted by Crippen LogP contribution is 2.35. The lowest BCUT2D eigenvalue weighted by Gasteiger charge is -2.41. The Morgan fingerprint density at radius 2 is 2.22 bits per heavy atom.